The molecule has 120 valence electrons. The second-order valence-corrected chi connectivity index (χ2v) is 4.66. The number of hydrogen-bond acceptors (Lipinski definition) is 4. The third-order valence-corrected chi connectivity index (χ3v) is 3.12. The fourth-order valence-electron chi connectivity index (χ4n) is 1.94. The number of carbonyl (C=O) groups is 3. The van der Waals surface area contributed by atoms with Crippen LogP contribution in [0.4, 0.5) is 4.79 Å². The number of ether oxygens (including phenoxy) is 1. The van der Waals surface area contributed by atoms with Crippen LogP contribution in [0, 0.1) is 0 Å². The molecule has 0 aliphatic carbocycles. The Bertz CT molecular complexity index is 505. The van der Waals surface area contributed by atoms with Gasteiger partial charge in [-0.05, 0) is 0 Å². The summed E-state index contributed by atoms with van der Waals surface area (Å²) < 4.78 is 4.57. The molecule has 1 rings (SSSR count). The fraction of sp³-hybridized carbons (Fsp3) is 0.400. The summed E-state index contributed by atoms with van der Waals surface area (Å²) in [5.41, 5.74) is 0.793. The predicted molar refractivity (Wildman–Crippen MR) is 79.8 cm³/mol. The highest BCUT2D eigenvalue weighted by atomic mass is 16.5. The lowest BCUT2D eigenvalue weighted by atomic mass is 10.1. The van der Waals surface area contributed by atoms with E-state index in [1.807, 2.05) is 30.3 Å². The van der Waals surface area contributed by atoms with E-state index in [4.69, 9.17) is 0 Å². The molecule has 0 saturated carbocycles. The molecule has 1 aromatic rings. The second kappa shape index (κ2) is 9.51. The van der Waals surface area contributed by atoms with Crippen molar-refractivity contribution in [2.75, 3.05) is 20.7 Å². The third-order valence-electron chi connectivity index (χ3n) is 3.12. The number of imide groups is 1. The maximum Gasteiger partial charge on any atom is 0.321 e. The van der Waals surface area contributed by atoms with E-state index < -0.39 is 18.0 Å². The van der Waals surface area contributed by atoms with Crippen LogP contribution in [0.15, 0.2) is 30.3 Å². The zero-order valence-corrected chi connectivity index (χ0v) is 12.8. The number of nitrogens with two attached hydrogens (primary N) is 1. The molecule has 0 unspecified atom stereocenters. The summed E-state index contributed by atoms with van der Waals surface area (Å²) in [6, 6.07) is 8.07. The fourth-order valence-corrected chi connectivity index (χ4v) is 1.94. The molecule has 0 heterocycles. The topological polar surface area (TPSA) is 101 Å². The zero-order chi connectivity index (χ0) is 16.4. The highest BCUT2D eigenvalue weighted by molar-refractivity contribution is 5.96. The molecule has 22 heavy (non-hydrogen) atoms. The lowest BCUT2D eigenvalue weighted by Gasteiger charge is -2.15. The molecule has 0 radical (unpaired) electrons. The molecule has 7 nitrogen and oxygen atoms in total. The number of amides is 3. The van der Waals surface area contributed by atoms with Gasteiger partial charge in [0.2, 0.25) is 0 Å². The van der Waals surface area contributed by atoms with Gasteiger partial charge in [0.05, 0.1) is 20.1 Å². The van der Waals surface area contributed by atoms with Crippen LogP contribution < -0.4 is 16.0 Å². The summed E-state index contributed by atoms with van der Waals surface area (Å²) in [4.78, 5) is 34.6. The van der Waals surface area contributed by atoms with Crippen molar-refractivity contribution in [1.29, 1.82) is 0 Å². The molecule has 0 aliphatic rings. The Morgan fingerprint density at radius 1 is 1.23 bits per heavy atom. The number of hydrogen-bond donors (Lipinski definition) is 3. The lowest BCUT2D eigenvalue weighted by molar-refractivity contribution is -0.683. The Balaban J connectivity index is 2.65. The number of methoxy groups -OCH3 is 1. The van der Waals surface area contributed by atoms with Crippen molar-refractivity contribution >= 4 is 17.9 Å². The zero-order valence-electron chi connectivity index (χ0n) is 12.8. The van der Waals surface area contributed by atoms with Crippen LogP contribution in [0.3, 0.4) is 0 Å². The van der Waals surface area contributed by atoms with Crippen LogP contribution in [0.2, 0.25) is 0 Å². The van der Waals surface area contributed by atoms with E-state index in [1.165, 1.54) is 14.2 Å². The summed E-state index contributed by atoms with van der Waals surface area (Å²) in [5, 5.41) is 6.43. The Morgan fingerprint density at radius 3 is 2.50 bits per heavy atom. The molecule has 0 bridgehead atoms. The first-order chi connectivity index (χ1) is 10.6. The molecule has 0 spiro atoms. The van der Waals surface area contributed by atoms with Gasteiger partial charge in [-0.15, -0.1) is 0 Å². The van der Waals surface area contributed by atoms with E-state index in [9.17, 15) is 14.4 Å². The summed E-state index contributed by atoms with van der Waals surface area (Å²) in [7, 11) is 2.79. The van der Waals surface area contributed by atoms with Gasteiger partial charge in [0.15, 0.2) is 6.04 Å². The highest BCUT2D eigenvalue weighted by Crippen LogP contribution is 2.08. The molecule has 0 aromatic heterocycles. The molecule has 1 atom stereocenters. The van der Waals surface area contributed by atoms with Crippen molar-refractivity contribution in [2.24, 2.45) is 0 Å². The third kappa shape index (κ3) is 5.92. The van der Waals surface area contributed by atoms with Gasteiger partial charge in [-0.25, -0.2) is 4.79 Å². The Kier molecular flexibility index (Phi) is 7.63. The smallest absolute Gasteiger partial charge is 0.321 e. The summed E-state index contributed by atoms with van der Waals surface area (Å²) in [6.07, 6.45) is 0.884. The summed E-state index contributed by atoms with van der Waals surface area (Å²) >= 11 is 0. The molecule has 4 N–H and O–H groups in total. The Hall–Kier alpha value is -2.41. The van der Waals surface area contributed by atoms with Gasteiger partial charge >= 0.3 is 12.0 Å². The first-order valence-corrected chi connectivity index (χ1v) is 7.06. The average Bonchev–Trinajstić information content (AvgIpc) is 2.54. The molecule has 0 saturated heterocycles. The molecule has 0 aliphatic heterocycles. The van der Waals surface area contributed by atoms with Crippen LogP contribution in [-0.4, -0.2) is 38.6 Å². The van der Waals surface area contributed by atoms with Gasteiger partial charge in [-0.2, -0.15) is 0 Å². The van der Waals surface area contributed by atoms with Crippen molar-refractivity contribution in [3.63, 3.8) is 0 Å². The number of urea groups is 1. The highest BCUT2D eigenvalue weighted by Gasteiger charge is 2.25. The molecule has 7 heteroatoms. The normalized spacial score (nSPS) is 11.4. The van der Waals surface area contributed by atoms with E-state index in [1.54, 1.807) is 5.32 Å². The van der Waals surface area contributed by atoms with Crippen molar-refractivity contribution in [3.8, 4) is 0 Å². The largest absolute Gasteiger partial charge is 0.469 e. The number of carbonyl (C=O) groups excluding carboxylic acids is 3. The van der Waals surface area contributed by atoms with E-state index in [-0.39, 0.29) is 5.97 Å². The van der Waals surface area contributed by atoms with E-state index >= 15 is 0 Å². The van der Waals surface area contributed by atoms with Gasteiger partial charge in [0, 0.05) is 19.0 Å². The maximum atomic E-state index is 12.2. The van der Waals surface area contributed by atoms with Gasteiger partial charge in [0.25, 0.3) is 5.91 Å². The monoisotopic (exact) mass is 308 g/mol. The van der Waals surface area contributed by atoms with E-state index in [2.05, 4.69) is 15.4 Å². The van der Waals surface area contributed by atoms with E-state index in [0.29, 0.717) is 19.4 Å². The SMILES string of the molecule is CNC(=O)NC(=O)[C@@H]([NH2+]CCCC(=O)OC)c1ccccc1. The molecule has 3 amide bonds. The van der Waals surface area contributed by atoms with Crippen LogP contribution in [-0.2, 0) is 14.3 Å². The van der Waals surface area contributed by atoms with Gasteiger partial charge in [-0.1, -0.05) is 30.3 Å². The van der Waals surface area contributed by atoms with Crippen LogP contribution in [0.1, 0.15) is 24.4 Å². The van der Waals surface area contributed by atoms with Crippen molar-refractivity contribution in [2.45, 2.75) is 18.9 Å². The van der Waals surface area contributed by atoms with Crippen molar-refractivity contribution < 1.29 is 24.4 Å². The maximum absolute atomic E-state index is 12.2. The molecule has 0 fully saturated rings. The quantitative estimate of drug-likeness (QED) is 0.475. The number of benzene rings is 1. The van der Waals surface area contributed by atoms with Gasteiger partial charge < -0.3 is 15.4 Å². The number of esters is 1. The standard InChI is InChI=1S/C15H21N3O4/c1-16-15(21)18-14(20)13(11-7-4-3-5-8-11)17-10-6-9-12(19)22-2/h3-5,7-8,13,17H,6,9-10H2,1-2H3,(H2,16,18,20,21)/p+1/t13-/m0/s1. The van der Waals surface area contributed by atoms with Crippen LogP contribution in [0.5, 0.6) is 0 Å². The lowest BCUT2D eigenvalue weighted by Crippen LogP contribution is -2.87. The minimum atomic E-state index is -0.547. The van der Waals surface area contributed by atoms with Crippen molar-refractivity contribution in [3.05, 3.63) is 35.9 Å². The minimum Gasteiger partial charge on any atom is -0.469 e. The van der Waals surface area contributed by atoms with Gasteiger partial charge in [0.1, 0.15) is 0 Å². The summed E-state index contributed by atoms with van der Waals surface area (Å²) in [5.74, 6) is -0.678. The number of nitrogens with one attached hydrogen (secondary N) is 2. The Labute approximate surface area is 129 Å². The van der Waals surface area contributed by atoms with Gasteiger partial charge in [-0.3, -0.25) is 14.9 Å². The second-order valence-electron chi connectivity index (χ2n) is 4.66. The summed E-state index contributed by atoms with van der Waals surface area (Å²) in [6.45, 7) is 0.565. The number of quaternary nitrogens is 1. The van der Waals surface area contributed by atoms with Crippen LogP contribution >= 0.6 is 0 Å². The molecule has 1 aromatic carbocycles. The van der Waals surface area contributed by atoms with Crippen LogP contribution in [0.25, 0.3) is 0 Å². The van der Waals surface area contributed by atoms with E-state index in [0.717, 1.165) is 5.56 Å². The predicted octanol–water partition coefficient (Wildman–Crippen LogP) is -0.300. The average molecular weight is 308 g/mol. The molecular formula is C15H22N3O4+. The Morgan fingerprint density at radius 2 is 1.91 bits per heavy atom. The first-order valence-electron chi connectivity index (χ1n) is 7.06. The van der Waals surface area contributed by atoms with Crippen molar-refractivity contribution in [1.82, 2.24) is 10.6 Å². The molecular weight excluding hydrogens is 286 g/mol. The first kappa shape index (κ1) is 17.6. The number of rotatable bonds is 7. The minimum absolute atomic E-state index is 0.278.